The third-order valence-corrected chi connectivity index (χ3v) is 3.71. The lowest BCUT2D eigenvalue weighted by molar-refractivity contribution is 0.0897. The summed E-state index contributed by atoms with van der Waals surface area (Å²) in [6.45, 7) is 1.06. The summed E-state index contributed by atoms with van der Waals surface area (Å²) in [5.74, 6) is 0. The van der Waals surface area contributed by atoms with E-state index in [2.05, 4.69) is 15.0 Å². The number of ether oxygens (including phenoxy) is 1. The van der Waals surface area contributed by atoms with Crippen molar-refractivity contribution in [3.63, 3.8) is 0 Å². The molecule has 10 nitrogen and oxygen atoms in total. The lowest BCUT2D eigenvalue weighted by Crippen LogP contribution is -2.33. The Morgan fingerprint density at radius 1 is 1.48 bits per heavy atom. The normalized spacial score (nSPS) is 19.5. The van der Waals surface area contributed by atoms with Crippen LogP contribution in [0.25, 0.3) is 11.2 Å². The monoisotopic (exact) mass is 315 g/mol. The fourth-order valence-corrected chi connectivity index (χ4v) is 2.69. The second-order valence-electron chi connectivity index (χ2n) is 4.78. The van der Waals surface area contributed by atoms with Gasteiger partial charge in [0.05, 0.1) is 19.0 Å². The molecule has 0 spiro atoms. The van der Waals surface area contributed by atoms with Gasteiger partial charge in [0, 0.05) is 6.54 Å². The Morgan fingerprint density at radius 2 is 2.29 bits per heavy atom. The lowest BCUT2D eigenvalue weighted by Gasteiger charge is -2.19. The predicted molar refractivity (Wildman–Crippen MR) is 72.5 cm³/mol. The largest absolute Gasteiger partial charge is 0.364 e. The van der Waals surface area contributed by atoms with Crippen LogP contribution in [0.15, 0.2) is 17.4 Å². The Labute approximate surface area is 118 Å². The first-order chi connectivity index (χ1) is 9.94. The lowest BCUT2D eigenvalue weighted by atomic mass is 10.3. The summed E-state index contributed by atoms with van der Waals surface area (Å²) in [7, 11) is -4.16. The van der Waals surface area contributed by atoms with E-state index < -0.39 is 13.9 Å². The zero-order valence-corrected chi connectivity index (χ0v) is 11.8. The van der Waals surface area contributed by atoms with Gasteiger partial charge in [-0.25, -0.2) is 14.6 Å². The number of rotatable bonds is 4. The zero-order valence-electron chi connectivity index (χ0n) is 10.9. The van der Waals surface area contributed by atoms with Gasteiger partial charge in [-0.3, -0.25) is 9.36 Å². The molecular formula is C10H14N5O5P. The van der Waals surface area contributed by atoms with E-state index in [4.69, 9.17) is 14.5 Å². The second kappa shape index (κ2) is 5.23. The Hall–Kier alpha value is -1.74. The van der Waals surface area contributed by atoms with Gasteiger partial charge in [-0.15, -0.1) is 0 Å². The Bertz CT molecular complexity index is 752. The quantitative estimate of drug-likeness (QED) is 0.611. The first-order valence-electron chi connectivity index (χ1n) is 6.26. The topological polar surface area (TPSA) is 134 Å². The van der Waals surface area contributed by atoms with Crippen molar-refractivity contribution >= 4 is 18.8 Å². The van der Waals surface area contributed by atoms with Gasteiger partial charge >= 0.3 is 7.60 Å². The highest BCUT2D eigenvalue weighted by atomic mass is 31.2. The highest BCUT2D eigenvalue weighted by Crippen LogP contribution is 2.35. The van der Waals surface area contributed by atoms with E-state index in [0.29, 0.717) is 25.2 Å². The van der Waals surface area contributed by atoms with E-state index in [0.717, 1.165) is 0 Å². The van der Waals surface area contributed by atoms with Gasteiger partial charge in [0.15, 0.2) is 11.2 Å². The van der Waals surface area contributed by atoms with Gasteiger partial charge in [0.2, 0.25) is 0 Å². The molecular weight excluding hydrogens is 301 g/mol. The van der Waals surface area contributed by atoms with E-state index >= 15 is 0 Å². The van der Waals surface area contributed by atoms with Crippen LogP contribution >= 0.6 is 7.60 Å². The number of H-pyrrole nitrogens is 1. The molecule has 11 heteroatoms. The van der Waals surface area contributed by atoms with Gasteiger partial charge < -0.3 is 24.5 Å². The molecule has 3 rings (SSSR count). The van der Waals surface area contributed by atoms with Crippen molar-refractivity contribution in [2.75, 3.05) is 24.4 Å². The minimum absolute atomic E-state index is 0.247. The Morgan fingerprint density at radius 3 is 3.05 bits per heavy atom. The van der Waals surface area contributed by atoms with E-state index in [1.165, 1.54) is 12.7 Å². The maximum absolute atomic E-state index is 11.6. The van der Waals surface area contributed by atoms with Gasteiger partial charge in [-0.05, 0) is 6.42 Å². The third-order valence-electron chi connectivity index (χ3n) is 3.23. The molecule has 1 aliphatic heterocycles. The number of hydrogen-bond acceptors (Lipinski definition) is 6. The molecule has 1 atom stereocenters. The average molecular weight is 315 g/mol. The molecule has 0 aliphatic carbocycles. The van der Waals surface area contributed by atoms with Crippen LogP contribution < -0.4 is 10.6 Å². The van der Waals surface area contributed by atoms with E-state index in [-0.39, 0.29) is 17.2 Å². The van der Waals surface area contributed by atoms with Gasteiger partial charge in [0.1, 0.15) is 12.7 Å². The van der Waals surface area contributed by atoms with Crippen LogP contribution in [-0.4, -0.2) is 55.0 Å². The molecule has 3 heterocycles. The first kappa shape index (κ1) is 14.2. The maximum Gasteiger partial charge on any atom is 0.350 e. The van der Waals surface area contributed by atoms with E-state index in [9.17, 15) is 9.36 Å². The molecule has 0 aromatic carbocycles. The Balaban J connectivity index is 1.75. The average Bonchev–Trinajstić information content (AvgIpc) is 3.02. The van der Waals surface area contributed by atoms with Crippen molar-refractivity contribution in [2.24, 2.45) is 0 Å². The van der Waals surface area contributed by atoms with Crippen molar-refractivity contribution in [3.8, 4) is 0 Å². The molecule has 2 aromatic rings. The molecule has 2 aromatic heterocycles. The fraction of sp³-hybridized carbons (Fsp3) is 0.500. The standard InChI is InChI=1S/C10H14N5O5P/c16-10-8-9(11-4-12-10)15(5-13-8)14-2-1-7(3-14)20-6-21(17,18)19/h4-5,7H,1-3,6H2,(H,11,12,16)(H2,17,18,19). The predicted octanol–water partition coefficient (Wildman–Crippen LogP) is -1.02. The Kier molecular flexibility index (Phi) is 3.54. The molecule has 1 aliphatic rings. The van der Waals surface area contributed by atoms with E-state index in [1.807, 2.05) is 5.01 Å². The van der Waals surface area contributed by atoms with Crippen molar-refractivity contribution in [2.45, 2.75) is 12.5 Å². The highest BCUT2D eigenvalue weighted by Gasteiger charge is 2.27. The van der Waals surface area contributed by atoms with Gasteiger partial charge in [-0.1, -0.05) is 0 Å². The SMILES string of the molecule is O=c1[nH]cnc2c1ncn2N1CCC(OCP(=O)(O)O)C1. The molecule has 114 valence electrons. The molecule has 0 amide bonds. The smallest absolute Gasteiger partial charge is 0.350 e. The van der Waals surface area contributed by atoms with Crippen molar-refractivity contribution in [1.82, 2.24) is 19.6 Å². The van der Waals surface area contributed by atoms with Crippen molar-refractivity contribution in [1.29, 1.82) is 0 Å². The molecule has 0 saturated carbocycles. The maximum atomic E-state index is 11.6. The van der Waals surface area contributed by atoms with E-state index in [1.54, 1.807) is 4.68 Å². The summed E-state index contributed by atoms with van der Waals surface area (Å²) in [5, 5.41) is 1.87. The minimum atomic E-state index is -4.16. The number of aromatic amines is 1. The van der Waals surface area contributed by atoms with Gasteiger partial charge in [-0.2, -0.15) is 0 Å². The van der Waals surface area contributed by atoms with Crippen molar-refractivity contribution in [3.05, 3.63) is 23.0 Å². The third kappa shape index (κ3) is 2.98. The van der Waals surface area contributed by atoms with Crippen LogP contribution in [0, 0.1) is 0 Å². The van der Waals surface area contributed by atoms with Gasteiger partial charge in [0.25, 0.3) is 5.56 Å². The molecule has 0 radical (unpaired) electrons. The number of hydrogen-bond donors (Lipinski definition) is 3. The molecule has 3 N–H and O–H groups in total. The summed E-state index contributed by atoms with van der Waals surface area (Å²) >= 11 is 0. The minimum Gasteiger partial charge on any atom is -0.364 e. The summed E-state index contributed by atoms with van der Waals surface area (Å²) < 4.78 is 17.7. The first-order valence-corrected chi connectivity index (χ1v) is 8.06. The number of fused-ring (bicyclic) bond motifs is 1. The number of aromatic nitrogens is 4. The number of nitrogens with one attached hydrogen (secondary N) is 1. The highest BCUT2D eigenvalue weighted by molar-refractivity contribution is 7.51. The molecule has 1 fully saturated rings. The molecule has 1 unspecified atom stereocenters. The summed E-state index contributed by atoms with van der Waals surface area (Å²) in [5.41, 5.74) is 0.374. The van der Waals surface area contributed by atoms with Crippen LogP contribution in [0.2, 0.25) is 0 Å². The molecule has 0 bridgehead atoms. The molecule has 21 heavy (non-hydrogen) atoms. The van der Waals surface area contributed by atoms with Crippen LogP contribution in [0.1, 0.15) is 6.42 Å². The summed E-state index contributed by atoms with van der Waals surface area (Å²) in [4.78, 5) is 39.8. The second-order valence-corrected chi connectivity index (χ2v) is 6.36. The fourth-order valence-electron chi connectivity index (χ4n) is 2.29. The summed E-state index contributed by atoms with van der Waals surface area (Å²) in [6.07, 6.45) is 2.56. The number of imidazole rings is 1. The van der Waals surface area contributed by atoms with Crippen LogP contribution in [0.3, 0.4) is 0 Å². The summed E-state index contributed by atoms with van der Waals surface area (Å²) in [6, 6.07) is 0. The van der Waals surface area contributed by atoms with Crippen LogP contribution in [-0.2, 0) is 9.30 Å². The zero-order chi connectivity index (χ0) is 15.0. The molecule has 1 saturated heterocycles. The van der Waals surface area contributed by atoms with Crippen molar-refractivity contribution < 1.29 is 19.1 Å². The van der Waals surface area contributed by atoms with Crippen LogP contribution in [0.5, 0.6) is 0 Å². The van der Waals surface area contributed by atoms with Crippen LogP contribution in [0.4, 0.5) is 0 Å². The number of nitrogens with zero attached hydrogens (tertiary/aromatic N) is 4.